The largest absolute Gasteiger partial charge is 0.463 e. The molecule has 4 aromatic rings. The number of nitrogens with zero attached hydrogens (tertiary/aromatic N) is 6. The molecule has 1 aliphatic carbocycles. The third-order valence-corrected chi connectivity index (χ3v) is 19.1. The van der Waals surface area contributed by atoms with Gasteiger partial charge in [0.2, 0.25) is 5.91 Å². The zero-order valence-corrected chi connectivity index (χ0v) is 35.2. The molecule has 2 amide bonds. The number of benzene rings is 2. The van der Waals surface area contributed by atoms with E-state index in [0.29, 0.717) is 30.8 Å². The Balaban J connectivity index is 1.04. The predicted molar refractivity (Wildman–Crippen MR) is 219 cm³/mol. The molecule has 0 spiro atoms. The molecule has 10 nitrogen and oxygen atoms in total. The highest BCUT2D eigenvalue weighted by Crippen LogP contribution is 2.52. The Labute approximate surface area is 338 Å². The van der Waals surface area contributed by atoms with Crippen molar-refractivity contribution in [2.45, 2.75) is 102 Å². The molecule has 57 heavy (non-hydrogen) atoms. The number of likely N-dealkylation sites (tertiary alicyclic amines) is 1. The number of halogens is 3. The Morgan fingerprint density at radius 3 is 2.07 bits per heavy atom. The monoisotopic (exact) mass is 816 g/mol. The first-order chi connectivity index (χ1) is 27.0. The van der Waals surface area contributed by atoms with Crippen LogP contribution in [0.3, 0.4) is 0 Å². The number of amides is 2. The second kappa shape index (κ2) is 14.5. The van der Waals surface area contributed by atoms with Crippen LogP contribution in [0.1, 0.15) is 67.2 Å². The van der Waals surface area contributed by atoms with Crippen LogP contribution in [0.15, 0.2) is 66.9 Å². The van der Waals surface area contributed by atoms with E-state index in [0.717, 1.165) is 36.1 Å². The van der Waals surface area contributed by atoms with E-state index in [2.05, 4.69) is 55.0 Å². The number of anilines is 1. The summed E-state index contributed by atoms with van der Waals surface area (Å²) in [5, 5.41) is 1.78. The third kappa shape index (κ3) is 7.12. The number of piperazine rings is 1. The maximum absolute atomic E-state index is 16.8. The van der Waals surface area contributed by atoms with Gasteiger partial charge in [-0.2, -0.15) is 9.97 Å². The lowest BCUT2D eigenvalue weighted by atomic mass is 10.1. The van der Waals surface area contributed by atoms with Gasteiger partial charge in [0.25, 0.3) is 0 Å². The molecular weight excluding hydrogens is 766 g/mol. The standard InChI is InChI=1S/C43H51ClF2N6O4Si/c1-41(2,3)56-40(54)52-27-17-18-28(52)23-50(22-27)37-31-21-47-36(44)33(46)34(31)48-39(49-37)55-26-43(19-20-43)25-51-24-32(45)35(38(51)53)57(42(4,5)6,29-13-9-7-10-14-29)30-15-11-8-12-16-30/h7-16,21,27-28,32,35H,17-20,22-26H2,1-6H3. The van der Waals surface area contributed by atoms with Gasteiger partial charge in [0.1, 0.15) is 31.2 Å². The average molecular weight is 817 g/mol. The Morgan fingerprint density at radius 1 is 0.930 bits per heavy atom. The summed E-state index contributed by atoms with van der Waals surface area (Å²) in [5.41, 5.74) is -1.87. The van der Waals surface area contributed by atoms with Gasteiger partial charge in [-0.25, -0.2) is 18.6 Å². The van der Waals surface area contributed by atoms with Crippen molar-refractivity contribution in [3.05, 3.63) is 77.8 Å². The highest BCUT2D eigenvalue weighted by molar-refractivity contribution is 7.07. The SMILES string of the molecule is CC(C)(C)OC(=O)N1C2CCC1CN(c1nc(OCC3(CN4CC(F)C([Si](c5ccccc5)(c5ccccc5)C(C)(C)C)C4=O)CC3)nc3c(F)c(Cl)ncc13)C2. The predicted octanol–water partition coefficient (Wildman–Crippen LogP) is 7.18. The third-order valence-electron chi connectivity index (χ3n) is 12.4. The number of hydrogen-bond acceptors (Lipinski definition) is 8. The van der Waals surface area contributed by atoms with Crippen molar-refractivity contribution in [1.82, 2.24) is 24.8 Å². The fraction of sp³-hybridized carbons (Fsp3) is 0.512. The highest BCUT2D eigenvalue weighted by atomic mass is 35.5. The summed E-state index contributed by atoms with van der Waals surface area (Å²) in [4.78, 5) is 46.8. The fourth-order valence-corrected chi connectivity index (χ4v) is 16.3. The molecule has 2 aromatic heterocycles. The number of ether oxygens (including phenoxy) is 2. The number of alkyl halides is 1. The minimum atomic E-state index is -3.10. The molecule has 5 heterocycles. The first kappa shape index (κ1) is 39.5. The molecule has 14 heteroatoms. The van der Waals surface area contributed by atoms with E-state index in [-0.39, 0.29) is 53.9 Å². The topological polar surface area (TPSA) is 101 Å². The maximum Gasteiger partial charge on any atom is 0.410 e. The normalized spacial score (nSPS) is 23.3. The molecule has 4 unspecified atom stereocenters. The second-order valence-corrected chi connectivity index (χ2v) is 23.7. The molecule has 8 rings (SSSR count). The summed E-state index contributed by atoms with van der Waals surface area (Å²) in [6.45, 7) is 13.4. The smallest absolute Gasteiger partial charge is 0.410 e. The molecule has 2 bridgehead atoms. The van der Waals surface area contributed by atoms with Gasteiger partial charge in [-0.15, -0.1) is 0 Å². The zero-order chi connectivity index (χ0) is 40.5. The first-order valence-electron chi connectivity index (χ1n) is 20.0. The number of aromatic nitrogens is 3. The van der Waals surface area contributed by atoms with Crippen molar-refractivity contribution in [2.75, 3.05) is 37.7 Å². The molecule has 1 saturated carbocycles. The van der Waals surface area contributed by atoms with Gasteiger partial charge in [-0.05, 0) is 51.5 Å². The van der Waals surface area contributed by atoms with Crippen LogP contribution in [0, 0.1) is 11.2 Å². The Hall–Kier alpha value is -4.36. The van der Waals surface area contributed by atoms with Gasteiger partial charge in [-0.3, -0.25) is 9.69 Å². The van der Waals surface area contributed by atoms with Crippen LogP contribution in [0.25, 0.3) is 10.9 Å². The number of carbonyl (C=O) groups excluding carboxylic acids is 2. The number of pyridine rings is 1. The minimum absolute atomic E-state index is 0.00935. The van der Waals surface area contributed by atoms with Crippen molar-refractivity contribution in [1.29, 1.82) is 0 Å². The van der Waals surface area contributed by atoms with Crippen LogP contribution in [-0.2, 0) is 9.53 Å². The molecule has 4 fully saturated rings. The van der Waals surface area contributed by atoms with E-state index < -0.39 is 41.7 Å². The number of rotatable bonds is 9. The second-order valence-electron chi connectivity index (χ2n) is 18.4. The van der Waals surface area contributed by atoms with Crippen molar-refractivity contribution < 1.29 is 27.8 Å². The number of fused-ring (bicyclic) bond motifs is 3. The van der Waals surface area contributed by atoms with Crippen LogP contribution in [0.5, 0.6) is 6.01 Å². The minimum Gasteiger partial charge on any atom is -0.463 e. The molecule has 2 aromatic carbocycles. The molecule has 3 saturated heterocycles. The van der Waals surface area contributed by atoms with E-state index in [1.165, 1.54) is 6.20 Å². The first-order valence-corrected chi connectivity index (χ1v) is 22.4. The highest BCUT2D eigenvalue weighted by Gasteiger charge is 2.63. The summed E-state index contributed by atoms with van der Waals surface area (Å²) in [6.07, 6.45) is 2.95. The van der Waals surface area contributed by atoms with Crippen molar-refractivity contribution in [3.8, 4) is 6.01 Å². The number of carbonyl (C=O) groups is 2. The van der Waals surface area contributed by atoms with Crippen LogP contribution in [-0.4, -0.2) is 101 Å². The molecule has 3 aliphatic heterocycles. The zero-order valence-electron chi connectivity index (χ0n) is 33.5. The van der Waals surface area contributed by atoms with Crippen LogP contribution in [0.2, 0.25) is 15.7 Å². The van der Waals surface area contributed by atoms with Gasteiger partial charge in [-0.1, -0.05) is 103 Å². The summed E-state index contributed by atoms with van der Waals surface area (Å²) < 4.78 is 44.5. The van der Waals surface area contributed by atoms with Gasteiger partial charge >= 0.3 is 12.1 Å². The lowest BCUT2D eigenvalue weighted by molar-refractivity contribution is -0.128. The Kier molecular flexibility index (Phi) is 10.0. The Morgan fingerprint density at radius 2 is 1.53 bits per heavy atom. The van der Waals surface area contributed by atoms with Gasteiger partial charge in [0, 0.05) is 31.2 Å². The molecule has 302 valence electrons. The molecule has 0 radical (unpaired) electrons. The Bertz CT molecular complexity index is 2110. The molecule has 4 aliphatic rings. The molecular formula is C43H51ClF2N6O4Si. The van der Waals surface area contributed by atoms with Crippen LogP contribution < -0.4 is 20.0 Å². The number of hydrogen-bond donors (Lipinski definition) is 0. The van der Waals surface area contributed by atoms with E-state index in [1.54, 1.807) is 4.90 Å². The average Bonchev–Trinajstić information content (AvgIpc) is 3.80. The van der Waals surface area contributed by atoms with Crippen molar-refractivity contribution >= 4 is 58.8 Å². The molecule has 4 atom stereocenters. The van der Waals surface area contributed by atoms with E-state index in [4.69, 9.17) is 26.1 Å². The van der Waals surface area contributed by atoms with E-state index in [9.17, 15) is 9.59 Å². The summed E-state index contributed by atoms with van der Waals surface area (Å²) >= 11 is 6.15. The molecule has 0 N–H and O–H groups in total. The van der Waals surface area contributed by atoms with Crippen molar-refractivity contribution in [3.63, 3.8) is 0 Å². The lowest BCUT2D eigenvalue weighted by Gasteiger charge is -2.47. The summed E-state index contributed by atoms with van der Waals surface area (Å²) in [7, 11) is -3.10. The lowest BCUT2D eigenvalue weighted by Crippen LogP contribution is -2.69. The summed E-state index contributed by atoms with van der Waals surface area (Å²) in [6, 6.07) is 19.9. The quantitative estimate of drug-likeness (QED) is 0.130. The maximum atomic E-state index is 16.8. The van der Waals surface area contributed by atoms with Gasteiger partial charge < -0.3 is 19.3 Å². The fourth-order valence-electron chi connectivity index (χ4n) is 9.76. The van der Waals surface area contributed by atoms with Crippen LogP contribution >= 0.6 is 11.6 Å². The van der Waals surface area contributed by atoms with Crippen molar-refractivity contribution in [2.24, 2.45) is 5.41 Å². The van der Waals surface area contributed by atoms with Crippen LogP contribution in [0.4, 0.5) is 19.4 Å². The van der Waals surface area contributed by atoms with Gasteiger partial charge in [0.05, 0.1) is 36.2 Å². The van der Waals surface area contributed by atoms with E-state index in [1.807, 2.05) is 67.0 Å². The summed E-state index contributed by atoms with van der Waals surface area (Å²) in [5.74, 6) is -0.478. The van der Waals surface area contributed by atoms with E-state index >= 15 is 8.78 Å². The van der Waals surface area contributed by atoms with Gasteiger partial charge in [0.15, 0.2) is 11.0 Å².